The average molecular weight is 393 g/mol. The molecule has 26 heavy (non-hydrogen) atoms. The molecule has 0 N–H and O–H groups in total. The second-order valence-electron chi connectivity index (χ2n) is 6.14. The third-order valence-electron chi connectivity index (χ3n) is 4.25. The molecule has 2 rings (SSSR count). The zero-order valence-electron chi connectivity index (χ0n) is 15.1. The highest BCUT2D eigenvalue weighted by Crippen LogP contribution is 2.26. The molecule has 0 aromatic heterocycles. The summed E-state index contributed by atoms with van der Waals surface area (Å²) in [5.41, 5.74) is 1.69. The van der Waals surface area contributed by atoms with Crippen LogP contribution in [0.1, 0.15) is 22.8 Å². The first-order chi connectivity index (χ1) is 12.3. The van der Waals surface area contributed by atoms with E-state index >= 15 is 0 Å². The van der Waals surface area contributed by atoms with Gasteiger partial charge in [-0.3, -0.25) is 14.5 Å². The molecule has 1 amide bonds. The zero-order valence-corrected chi connectivity index (χ0v) is 16.6. The van der Waals surface area contributed by atoms with E-state index in [1.165, 1.54) is 4.90 Å². The van der Waals surface area contributed by atoms with Crippen LogP contribution < -0.4 is 4.90 Å². The average Bonchev–Trinajstić information content (AvgIpc) is 2.62. The van der Waals surface area contributed by atoms with E-state index in [9.17, 15) is 9.59 Å². The fraction of sp³-hybridized carbons (Fsp3) is 0.300. The minimum Gasteiger partial charge on any atom is -0.314 e. The molecule has 0 heterocycles. The van der Waals surface area contributed by atoms with Gasteiger partial charge in [-0.1, -0.05) is 48.3 Å². The highest BCUT2D eigenvalue weighted by Gasteiger charge is 2.20. The van der Waals surface area contributed by atoms with E-state index in [1.807, 2.05) is 37.1 Å². The van der Waals surface area contributed by atoms with Gasteiger partial charge in [0.15, 0.2) is 5.78 Å². The number of carbonyl (C=O) groups is 2. The molecule has 0 unspecified atom stereocenters. The Bertz CT molecular complexity index is 808. The van der Waals surface area contributed by atoms with Crippen LogP contribution in [0.2, 0.25) is 10.0 Å². The number of halogens is 2. The lowest BCUT2D eigenvalue weighted by Crippen LogP contribution is -2.37. The molecule has 0 radical (unpaired) electrons. The van der Waals surface area contributed by atoms with Crippen LogP contribution in [0.3, 0.4) is 0 Å². The van der Waals surface area contributed by atoms with Crippen molar-refractivity contribution in [3.8, 4) is 0 Å². The monoisotopic (exact) mass is 392 g/mol. The fourth-order valence-corrected chi connectivity index (χ4v) is 2.89. The van der Waals surface area contributed by atoms with Crippen LogP contribution in [0.4, 0.5) is 5.69 Å². The number of hydrogen-bond acceptors (Lipinski definition) is 3. The standard InChI is InChI=1S/C20H22Cl2N2O2/c1-4-23(2)13-20(26)24(3)18-10-9-15(21)12-16(18)19(25)11-14-7-5-6-8-17(14)22/h5-10,12H,4,11,13H2,1-3H3. The maximum Gasteiger partial charge on any atom is 0.240 e. The van der Waals surface area contributed by atoms with Gasteiger partial charge in [-0.15, -0.1) is 0 Å². The summed E-state index contributed by atoms with van der Waals surface area (Å²) in [6, 6.07) is 12.2. The van der Waals surface area contributed by atoms with E-state index in [0.717, 1.165) is 12.1 Å². The van der Waals surface area contributed by atoms with Gasteiger partial charge >= 0.3 is 0 Å². The molecule has 0 atom stereocenters. The summed E-state index contributed by atoms with van der Waals surface area (Å²) in [6.45, 7) is 3.01. The Hall–Kier alpha value is -1.88. The molecule has 0 saturated carbocycles. The highest BCUT2D eigenvalue weighted by atomic mass is 35.5. The largest absolute Gasteiger partial charge is 0.314 e. The predicted octanol–water partition coefficient (Wildman–Crippen LogP) is 4.33. The summed E-state index contributed by atoms with van der Waals surface area (Å²) in [5.74, 6) is -0.234. The van der Waals surface area contributed by atoms with Gasteiger partial charge < -0.3 is 4.90 Å². The molecule has 2 aromatic carbocycles. The number of amides is 1. The van der Waals surface area contributed by atoms with Crippen LogP contribution in [-0.2, 0) is 11.2 Å². The van der Waals surface area contributed by atoms with Gasteiger partial charge in [-0.2, -0.15) is 0 Å². The second-order valence-corrected chi connectivity index (χ2v) is 6.98. The summed E-state index contributed by atoms with van der Waals surface area (Å²) in [6.07, 6.45) is 0.143. The molecule has 0 spiro atoms. The Balaban J connectivity index is 2.31. The SMILES string of the molecule is CCN(C)CC(=O)N(C)c1ccc(Cl)cc1C(=O)Cc1ccccc1Cl. The number of ketones is 1. The van der Waals surface area contributed by atoms with Crippen molar-refractivity contribution in [2.24, 2.45) is 0 Å². The topological polar surface area (TPSA) is 40.6 Å². The van der Waals surface area contributed by atoms with Gasteiger partial charge in [0.1, 0.15) is 0 Å². The highest BCUT2D eigenvalue weighted by molar-refractivity contribution is 6.32. The fourth-order valence-electron chi connectivity index (χ4n) is 2.52. The first-order valence-electron chi connectivity index (χ1n) is 8.34. The minimum absolute atomic E-state index is 0.0940. The molecule has 0 fully saturated rings. The number of likely N-dealkylation sites (N-methyl/N-ethyl adjacent to an activating group) is 2. The maximum atomic E-state index is 12.9. The van der Waals surface area contributed by atoms with Crippen molar-refractivity contribution in [1.82, 2.24) is 4.90 Å². The van der Waals surface area contributed by atoms with Gasteiger partial charge in [0.25, 0.3) is 0 Å². The number of rotatable bonds is 7. The maximum absolute atomic E-state index is 12.9. The van der Waals surface area contributed by atoms with Gasteiger partial charge in [0.05, 0.1) is 12.2 Å². The Morgan fingerprint density at radius 3 is 2.38 bits per heavy atom. The van der Waals surface area contributed by atoms with Crippen molar-refractivity contribution in [3.63, 3.8) is 0 Å². The summed E-state index contributed by atoms with van der Waals surface area (Å²) in [7, 11) is 3.54. The van der Waals surface area contributed by atoms with Gasteiger partial charge in [0, 0.05) is 29.1 Å². The van der Waals surface area contributed by atoms with Crippen LogP contribution in [0.15, 0.2) is 42.5 Å². The van der Waals surface area contributed by atoms with E-state index in [4.69, 9.17) is 23.2 Å². The van der Waals surface area contributed by atoms with Crippen molar-refractivity contribution in [3.05, 3.63) is 63.6 Å². The van der Waals surface area contributed by atoms with Crippen molar-refractivity contribution in [1.29, 1.82) is 0 Å². The normalized spacial score (nSPS) is 10.8. The van der Waals surface area contributed by atoms with E-state index in [1.54, 1.807) is 31.3 Å². The molecular formula is C20H22Cl2N2O2. The molecule has 0 bridgehead atoms. The Morgan fingerprint density at radius 2 is 1.73 bits per heavy atom. The lowest BCUT2D eigenvalue weighted by atomic mass is 10.0. The Morgan fingerprint density at radius 1 is 1.04 bits per heavy atom. The van der Waals surface area contributed by atoms with E-state index in [2.05, 4.69) is 0 Å². The Labute approximate surface area is 164 Å². The number of hydrogen-bond donors (Lipinski definition) is 0. The first kappa shape index (κ1) is 20.4. The molecule has 0 aliphatic rings. The number of Topliss-reactive ketones (excluding diaryl/α,β-unsaturated/α-hetero) is 1. The summed E-state index contributed by atoms with van der Waals surface area (Å²) >= 11 is 12.3. The molecular weight excluding hydrogens is 371 g/mol. The predicted molar refractivity (Wildman–Crippen MR) is 108 cm³/mol. The molecule has 138 valence electrons. The van der Waals surface area contributed by atoms with Crippen LogP contribution >= 0.6 is 23.2 Å². The zero-order chi connectivity index (χ0) is 19.3. The van der Waals surface area contributed by atoms with E-state index in [-0.39, 0.29) is 24.7 Å². The van der Waals surface area contributed by atoms with Gasteiger partial charge in [0.2, 0.25) is 5.91 Å². The number of nitrogens with zero attached hydrogens (tertiary/aromatic N) is 2. The summed E-state index contributed by atoms with van der Waals surface area (Å²) in [5, 5.41) is 0.987. The van der Waals surface area contributed by atoms with Gasteiger partial charge in [-0.05, 0) is 43.4 Å². The molecule has 4 nitrogen and oxygen atoms in total. The number of carbonyl (C=O) groups excluding carboxylic acids is 2. The third-order valence-corrected chi connectivity index (χ3v) is 4.85. The second kappa shape index (κ2) is 9.17. The summed E-state index contributed by atoms with van der Waals surface area (Å²) < 4.78 is 0. The van der Waals surface area contributed by atoms with Crippen molar-refractivity contribution >= 4 is 40.6 Å². The lowest BCUT2D eigenvalue weighted by Gasteiger charge is -2.23. The van der Waals surface area contributed by atoms with Crippen molar-refractivity contribution in [2.75, 3.05) is 32.1 Å². The molecule has 6 heteroatoms. The molecule has 0 aliphatic carbocycles. The minimum atomic E-state index is -0.140. The summed E-state index contributed by atoms with van der Waals surface area (Å²) in [4.78, 5) is 28.8. The first-order valence-corrected chi connectivity index (χ1v) is 9.10. The van der Waals surface area contributed by atoms with Crippen LogP contribution in [0.5, 0.6) is 0 Å². The van der Waals surface area contributed by atoms with Crippen LogP contribution in [-0.4, -0.2) is 43.8 Å². The quantitative estimate of drug-likeness (QED) is 0.658. The molecule has 0 aliphatic heterocycles. The van der Waals surface area contributed by atoms with E-state index in [0.29, 0.717) is 21.3 Å². The number of benzene rings is 2. The van der Waals surface area contributed by atoms with Crippen LogP contribution in [0, 0.1) is 0 Å². The third kappa shape index (κ3) is 5.07. The Kier molecular flexibility index (Phi) is 7.21. The van der Waals surface area contributed by atoms with E-state index < -0.39 is 0 Å². The smallest absolute Gasteiger partial charge is 0.240 e. The van der Waals surface area contributed by atoms with Crippen molar-refractivity contribution < 1.29 is 9.59 Å². The van der Waals surface area contributed by atoms with Crippen LogP contribution in [0.25, 0.3) is 0 Å². The number of anilines is 1. The molecule has 0 saturated heterocycles. The lowest BCUT2D eigenvalue weighted by molar-refractivity contribution is -0.119. The van der Waals surface area contributed by atoms with Crippen molar-refractivity contribution in [2.45, 2.75) is 13.3 Å². The van der Waals surface area contributed by atoms with Gasteiger partial charge in [-0.25, -0.2) is 0 Å². The molecule has 2 aromatic rings.